The van der Waals surface area contributed by atoms with Crippen LogP contribution in [-0.4, -0.2) is 30.1 Å². The van der Waals surface area contributed by atoms with Crippen molar-refractivity contribution in [3.63, 3.8) is 0 Å². The van der Waals surface area contributed by atoms with Gasteiger partial charge in [0.2, 0.25) is 0 Å². The van der Waals surface area contributed by atoms with Crippen molar-refractivity contribution in [3.8, 4) is 0 Å². The highest BCUT2D eigenvalue weighted by Gasteiger charge is 2.36. The molecule has 3 heteroatoms. The van der Waals surface area contributed by atoms with Crippen molar-refractivity contribution in [3.05, 3.63) is 35.9 Å². The Bertz CT molecular complexity index is 556. The molecule has 0 spiro atoms. The SMILES string of the molecule is CC(C)[C@H]1CC[C@H](C)C[C@@H]1OC(=O)C1CCN(Cc2ccccc2)C1. The average molecular weight is 344 g/mol. The molecule has 1 aliphatic carbocycles. The molecule has 4 atom stereocenters. The predicted molar refractivity (Wildman–Crippen MR) is 101 cm³/mol. The van der Waals surface area contributed by atoms with Gasteiger partial charge in [-0.05, 0) is 49.1 Å². The smallest absolute Gasteiger partial charge is 0.310 e. The Morgan fingerprint density at radius 3 is 2.68 bits per heavy atom. The Labute approximate surface area is 152 Å². The number of likely N-dealkylation sites (tertiary alicyclic amines) is 1. The van der Waals surface area contributed by atoms with Crippen LogP contribution in [0.15, 0.2) is 30.3 Å². The minimum atomic E-state index is 0.0420. The molecule has 3 nitrogen and oxygen atoms in total. The van der Waals surface area contributed by atoms with Crippen molar-refractivity contribution >= 4 is 5.97 Å². The molecule has 1 heterocycles. The molecule has 1 aromatic carbocycles. The van der Waals surface area contributed by atoms with Crippen molar-refractivity contribution in [2.75, 3.05) is 13.1 Å². The summed E-state index contributed by atoms with van der Waals surface area (Å²) < 4.78 is 6.05. The van der Waals surface area contributed by atoms with Gasteiger partial charge in [0.05, 0.1) is 5.92 Å². The molecule has 0 N–H and O–H groups in total. The summed E-state index contributed by atoms with van der Waals surface area (Å²) in [5.41, 5.74) is 1.32. The highest BCUT2D eigenvalue weighted by molar-refractivity contribution is 5.73. The van der Waals surface area contributed by atoms with Crippen molar-refractivity contribution in [1.82, 2.24) is 4.90 Å². The van der Waals surface area contributed by atoms with Crippen molar-refractivity contribution in [1.29, 1.82) is 0 Å². The fraction of sp³-hybridized carbons (Fsp3) is 0.682. The van der Waals surface area contributed by atoms with Crippen LogP contribution in [0.2, 0.25) is 0 Å². The van der Waals surface area contributed by atoms with Gasteiger partial charge in [-0.1, -0.05) is 57.5 Å². The van der Waals surface area contributed by atoms with E-state index in [4.69, 9.17) is 4.74 Å². The van der Waals surface area contributed by atoms with Gasteiger partial charge < -0.3 is 4.74 Å². The third-order valence-corrected chi connectivity index (χ3v) is 6.08. The molecule has 0 aromatic heterocycles. The van der Waals surface area contributed by atoms with Crippen LogP contribution in [0.25, 0.3) is 0 Å². The second-order valence-corrected chi connectivity index (χ2v) is 8.51. The lowest BCUT2D eigenvalue weighted by Gasteiger charge is -2.37. The first kappa shape index (κ1) is 18.4. The summed E-state index contributed by atoms with van der Waals surface area (Å²) in [6.45, 7) is 9.57. The molecule has 1 unspecified atom stereocenters. The normalized spacial score (nSPS) is 30.6. The fourth-order valence-electron chi connectivity index (χ4n) is 4.51. The van der Waals surface area contributed by atoms with Crippen molar-refractivity contribution in [2.24, 2.45) is 23.7 Å². The lowest BCUT2D eigenvalue weighted by molar-refractivity contribution is -0.160. The molecule has 0 bridgehead atoms. The lowest BCUT2D eigenvalue weighted by Crippen LogP contribution is -2.37. The molecule has 0 radical (unpaired) electrons. The van der Waals surface area contributed by atoms with E-state index in [9.17, 15) is 4.79 Å². The number of esters is 1. The van der Waals surface area contributed by atoms with E-state index < -0.39 is 0 Å². The molecule has 1 aromatic rings. The monoisotopic (exact) mass is 343 g/mol. The first-order valence-corrected chi connectivity index (χ1v) is 9.99. The quantitative estimate of drug-likeness (QED) is 0.737. The van der Waals surface area contributed by atoms with E-state index in [0.717, 1.165) is 32.5 Å². The Morgan fingerprint density at radius 2 is 1.96 bits per heavy atom. The zero-order chi connectivity index (χ0) is 17.8. The number of hydrogen-bond donors (Lipinski definition) is 0. The number of hydrogen-bond acceptors (Lipinski definition) is 3. The first-order valence-electron chi connectivity index (χ1n) is 9.99. The molecular formula is C22H33NO2. The zero-order valence-electron chi connectivity index (χ0n) is 16.0. The van der Waals surface area contributed by atoms with Gasteiger partial charge in [-0.3, -0.25) is 9.69 Å². The molecule has 1 saturated heterocycles. The Balaban J connectivity index is 1.53. The molecule has 2 fully saturated rings. The van der Waals surface area contributed by atoms with E-state index in [1.807, 2.05) is 6.07 Å². The number of ether oxygens (including phenoxy) is 1. The minimum Gasteiger partial charge on any atom is -0.462 e. The molecular weight excluding hydrogens is 310 g/mol. The van der Waals surface area contributed by atoms with Crippen LogP contribution in [0.1, 0.15) is 52.0 Å². The summed E-state index contributed by atoms with van der Waals surface area (Å²) in [6, 6.07) is 10.5. The van der Waals surface area contributed by atoms with Gasteiger partial charge in [-0.15, -0.1) is 0 Å². The minimum absolute atomic E-state index is 0.0420. The molecule has 0 amide bonds. The van der Waals surface area contributed by atoms with Gasteiger partial charge in [0.1, 0.15) is 6.10 Å². The fourth-order valence-corrected chi connectivity index (χ4v) is 4.51. The van der Waals surface area contributed by atoms with Gasteiger partial charge in [0, 0.05) is 13.1 Å². The Morgan fingerprint density at radius 1 is 1.20 bits per heavy atom. The van der Waals surface area contributed by atoms with Crippen molar-refractivity contribution in [2.45, 2.75) is 59.1 Å². The van der Waals surface area contributed by atoms with E-state index in [-0.39, 0.29) is 18.0 Å². The van der Waals surface area contributed by atoms with E-state index in [1.165, 1.54) is 18.4 Å². The molecule has 138 valence electrons. The lowest BCUT2D eigenvalue weighted by atomic mass is 9.75. The highest BCUT2D eigenvalue weighted by atomic mass is 16.5. The summed E-state index contributed by atoms with van der Waals surface area (Å²) in [6.07, 6.45) is 4.56. The van der Waals surface area contributed by atoms with Crippen LogP contribution in [0.5, 0.6) is 0 Å². The topological polar surface area (TPSA) is 29.5 Å². The van der Waals surface area contributed by atoms with Gasteiger partial charge in [-0.2, -0.15) is 0 Å². The van der Waals surface area contributed by atoms with Crippen molar-refractivity contribution < 1.29 is 9.53 Å². The molecule has 1 aliphatic heterocycles. The summed E-state index contributed by atoms with van der Waals surface area (Å²) in [5, 5.41) is 0. The molecule has 2 aliphatic rings. The molecule has 1 saturated carbocycles. The maximum atomic E-state index is 12.7. The molecule has 25 heavy (non-hydrogen) atoms. The number of rotatable bonds is 5. The maximum absolute atomic E-state index is 12.7. The number of carbonyl (C=O) groups excluding carboxylic acids is 1. The van der Waals surface area contributed by atoms with Gasteiger partial charge >= 0.3 is 5.97 Å². The third-order valence-electron chi connectivity index (χ3n) is 6.08. The first-order chi connectivity index (χ1) is 12.0. The maximum Gasteiger partial charge on any atom is 0.310 e. The summed E-state index contributed by atoms with van der Waals surface area (Å²) >= 11 is 0. The highest BCUT2D eigenvalue weighted by Crippen LogP contribution is 2.36. The van der Waals surface area contributed by atoms with Gasteiger partial charge in [0.25, 0.3) is 0 Å². The average Bonchev–Trinajstić information content (AvgIpc) is 3.04. The number of carbonyl (C=O) groups is 1. The van der Waals surface area contributed by atoms with E-state index in [1.54, 1.807) is 0 Å². The van der Waals surface area contributed by atoms with E-state index in [2.05, 4.69) is 49.9 Å². The molecule has 3 rings (SSSR count). The van der Waals surface area contributed by atoms with Crippen LogP contribution < -0.4 is 0 Å². The van der Waals surface area contributed by atoms with Crippen LogP contribution in [0, 0.1) is 23.7 Å². The predicted octanol–water partition coefficient (Wildman–Crippen LogP) is 4.51. The van der Waals surface area contributed by atoms with Crippen LogP contribution in [0.4, 0.5) is 0 Å². The number of nitrogens with zero attached hydrogens (tertiary/aromatic N) is 1. The van der Waals surface area contributed by atoms with E-state index >= 15 is 0 Å². The summed E-state index contributed by atoms with van der Waals surface area (Å²) in [4.78, 5) is 15.1. The largest absolute Gasteiger partial charge is 0.462 e. The third kappa shape index (κ3) is 4.84. The van der Waals surface area contributed by atoms with E-state index in [0.29, 0.717) is 17.8 Å². The van der Waals surface area contributed by atoms with Crippen LogP contribution >= 0.6 is 0 Å². The number of benzene rings is 1. The summed E-state index contributed by atoms with van der Waals surface area (Å²) in [7, 11) is 0. The van der Waals surface area contributed by atoms with Crippen LogP contribution in [0.3, 0.4) is 0 Å². The van der Waals surface area contributed by atoms with Gasteiger partial charge in [0.15, 0.2) is 0 Å². The van der Waals surface area contributed by atoms with Gasteiger partial charge in [-0.25, -0.2) is 0 Å². The Hall–Kier alpha value is -1.35. The second kappa shape index (κ2) is 8.35. The summed E-state index contributed by atoms with van der Waals surface area (Å²) in [5.74, 6) is 1.88. The zero-order valence-corrected chi connectivity index (χ0v) is 16.0. The van der Waals surface area contributed by atoms with Crippen LogP contribution in [-0.2, 0) is 16.1 Å². The standard InChI is InChI=1S/C22H33NO2/c1-16(2)20-10-9-17(3)13-21(20)25-22(24)19-11-12-23(15-19)14-18-7-5-4-6-8-18/h4-8,16-17,19-21H,9-15H2,1-3H3/t17-,19?,20+,21-/m0/s1. The second-order valence-electron chi connectivity index (χ2n) is 8.51. The Kier molecular flexibility index (Phi) is 6.16.